The molecule has 3 aliphatic rings. The number of rotatable bonds is 4. The molecule has 0 spiro atoms. The van der Waals surface area contributed by atoms with Crippen molar-refractivity contribution in [1.82, 2.24) is 9.55 Å². The molecule has 0 bridgehead atoms. The van der Waals surface area contributed by atoms with Crippen molar-refractivity contribution >= 4 is 46.3 Å². The molecular weight excluding hydrogens is 611 g/mol. The van der Waals surface area contributed by atoms with E-state index < -0.39 is 33.5 Å². The topological polar surface area (TPSA) is 15.3 Å². The Morgan fingerprint density at radius 1 is 1.00 bits per heavy atom. The third kappa shape index (κ3) is 10.6. The minimum absolute atomic E-state index is 0. The number of hydrogen-bond acceptors (Lipinski definition) is 2. The number of hydrogen-bond donors (Lipinski definition) is 1. The minimum atomic E-state index is -1.58. The number of nitrogens with zero attached hydrogens (tertiary/aromatic N) is 1. The molecule has 3 atom stereocenters. The Kier molecular flexibility index (Phi) is 14.7. The van der Waals surface area contributed by atoms with E-state index in [-0.39, 0.29) is 18.5 Å². The van der Waals surface area contributed by atoms with Crippen molar-refractivity contribution in [3.8, 4) is 0 Å². The molecule has 2 nitrogen and oxygen atoms in total. The van der Waals surface area contributed by atoms with Gasteiger partial charge >= 0.3 is 35.6 Å². The molecule has 1 aromatic rings. The van der Waals surface area contributed by atoms with Crippen LogP contribution in [0.15, 0.2) is 47.2 Å². The molecule has 41 heavy (non-hydrogen) atoms. The van der Waals surface area contributed by atoms with Crippen LogP contribution in [0.2, 0.25) is 26.2 Å². The second kappa shape index (κ2) is 15.4. The van der Waals surface area contributed by atoms with Gasteiger partial charge in [-0.05, 0) is 109 Å². The monoisotopic (exact) mass is 669 g/mol. The van der Waals surface area contributed by atoms with Gasteiger partial charge in [0.15, 0.2) is 16.5 Å². The molecule has 0 aliphatic heterocycles. The summed E-state index contributed by atoms with van der Waals surface area (Å²) >= 11 is -0.556. The summed E-state index contributed by atoms with van der Waals surface area (Å²) in [5.41, 5.74) is 4.92. The third-order valence-electron chi connectivity index (χ3n) is 8.86. The third-order valence-corrected chi connectivity index (χ3v) is 16.4. The standard InChI is InChI=1S/C17H31NSi.C16H25NSi.CH3.2ClH.Ti/c1-13-11-14-9-8-10-16(15(14)12-13)19(6,7)18(5)17(2,3)4;1-12-10-13-8-7-9-15(14(13)11-12)18(5,6)17-16(2,3)4;;;;/h8-10,13-15H,11-12H2,1-7H3;7-10,17H,11H2,1-6H3;1H3;2*1H;/q;;-1;;;+2/p-2. The summed E-state index contributed by atoms with van der Waals surface area (Å²) in [6.07, 6.45) is 13.5. The fourth-order valence-electron chi connectivity index (χ4n) is 7.14. The zero-order chi connectivity index (χ0) is 30.7. The van der Waals surface area contributed by atoms with E-state index in [0.717, 1.165) is 24.2 Å². The van der Waals surface area contributed by atoms with E-state index in [9.17, 15) is 0 Å². The number of fused-ring (bicyclic) bond motifs is 2. The van der Waals surface area contributed by atoms with E-state index in [1.165, 1.54) is 24.0 Å². The van der Waals surface area contributed by atoms with Crippen LogP contribution >= 0.6 is 18.6 Å². The molecule has 0 radical (unpaired) electrons. The molecule has 1 N–H and O–H groups in total. The van der Waals surface area contributed by atoms with Gasteiger partial charge in [-0.15, -0.1) is 0 Å². The van der Waals surface area contributed by atoms with E-state index in [2.05, 4.69) is 141 Å². The second-order valence-electron chi connectivity index (χ2n) is 15.3. The summed E-state index contributed by atoms with van der Waals surface area (Å²) < 4.78 is 2.67. The van der Waals surface area contributed by atoms with E-state index in [1.807, 2.05) is 0 Å². The van der Waals surface area contributed by atoms with Crippen molar-refractivity contribution in [2.45, 2.75) is 112 Å². The zero-order valence-electron chi connectivity index (χ0n) is 28.6. The van der Waals surface area contributed by atoms with E-state index in [0.29, 0.717) is 0 Å². The van der Waals surface area contributed by atoms with Crippen LogP contribution in [0.4, 0.5) is 0 Å². The molecule has 1 aromatic carbocycles. The average Bonchev–Trinajstić information content (AvgIpc) is 3.37. The molecule has 0 saturated heterocycles. The number of allylic oxidation sites excluding steroid dienone is 5. The first kappa shape index (κ1) is 39.1. The molecule has 3 aliphatic carbocycles. The molecular formula is C34H59Cl2N2Si2Ti-. The zero-order valence-corrected chi connectivity index (χ0v) is 33.7. The molecule has 0 amide bonds. The van der Waals surface area contributed by atoms with Gasteiger partial charge in [0.25, 0.3) is 0 Å². The predicted molar refractivity (Wildman–Crippen MR) is 190 cm³/mol. The summed E-state index contributed by atoms with van der Waals surface area (Å²) in [6, 6.07) is 6.79. The molecule has 232 valence electrons. The van der Waals surface area contributed by atoms with Crippen molar-refractivity contribution in [3.05, 3.63) is 65.8 Å². The van der Waals surface area contributed by atoms with Gasteiger partial charge in [-0.2, -0.15) is 0 Å². The molecule has 1 fully saturated rings. The Morgan fingerprint density at radius 3 is 2.12 bits per heavy atom. The first-order valence-corrected chi connectivity index (χ1v) is 25.2. The van der Waals surface area contributed by atoms with Crippen LogP contribution in [-0.2, 0) is 23.5 Å². The van der Waals surface area contributed by atoms with Crippen LogP contribution in [0.5, 0.6) is 0 Å². The van der Waals surface area contributed by atoms with Gasteiger partial charge in [0.05, 0.1) is 0 Å². The van der Waals surface area contributed by atoms with Crippen LogP contribution in [-0.4, -0.2) is 39.2 Å². The molecule has 1 saturated carbocycles. The van der Waals surface area contributed by atoms with Crippen molar-refractivity contribution in [2.24, 2.45) is 17.8 Å². The van der Waals surface area contributed by atoms with Gasteiger partial charge in [0.2, 0.25) is 0 Å². The summed E-state index contributed by atoms with van der Waals surface area (Å²) in [5, 5.41) is 3.35. The number of halogens is 2. The van der Waals surface area contributed by atoms with Gasteiger partial charge in [0, 0.05) is 11.1 Å². The van der Waals surface area contributed by atoms with E-state index >= 15 is 0 Å². The maximum absolute atomic E-state index is 4.89. The normalized spacial score (nSPS) is 21.8. The van der Waals surface area contributed by atoms with Crippen molar-refractivity contribution in [3.63, 3.8) is 0 Å². The first-order chi connectivity index (χ1) is 18.2. The number of nitrogens with one attached hydrogen (secondary N) is 1. The second-order valence-corrected chi connectivity index (χ2v) is 26.2. The number of benzene rings is 1. The summed E-state index contributed by atoms with van der Waals surface area (Å²) in [4.78, 5) is 3.87. The van der Waals surface area contributed by atoms with Crippen molar-refractivity contribution in [2.75, 3.05) is 7.05 Å². The van der Waals surface area contributed by atoms with Gasteiger partial charge in [-0.1, -0.05) is 86.4 Å². The fourth-order valence-corrected chi connectivity index (χ4v) is 14.5. The molecule has 0 aromatic heterocycles. The van der Waals surface area contributed by atoms with Crippen molar-refractivity contribution in [1.29, 1.82) is 0 Å². The Balaban J connectivity index is 0.000000367. The van der Waals surface area contributed by atoms with Crippen LogP contribution < -0.4 is 10.2 Å². The van der Waals surface area contributed by atoms with Crippen LogP contribution in [0.3, 0.4) is 0 Å². The molecule has 0 heterocycles. The van der Waals surface area contributed by atoms with E-state index in [1.54, 1.807) is 15.9 Å². The van der Waals surface area contributed by atoms with Crippen molar-refractivity contribution < 1.29 is 17.0 Å². The van der Waals surface area contributed by atoms with Gasteiger partial charge in [-0.25, -0.2) is 0 Å². The molecule has 4 rings (SSSR count). The maximum atomic E-state index is 4.89. The quantitative estimate of drug-likeness (QED) is 0.254. The molecule has 3 unspecified atom stereocenters. The van der Waals surface area contributed by atoms with E-state index in [4.69, 9.17) is 18.6 Å². The summed E-state index contributed by atoms with van der Waals surface area (Å²) in [6.45, 7) is 28.4. The van der Waals surface area contributed by atoms with Gasteiger partial charge < -0.3 is 17.0 Å². The summed E-state index contributed by atoms with van der Waals surface area (Å²) in [5.74, 6) is 2.53. The Morgan fingerprint density at radius 2 is 1.59 bits per heavy atom. The van der Waals surface area contributed by atoms with Crippen LogP contribution in [0.1, 0.15) is 79.4 Å². The Bertz CT molecular complexity index is 1100. The summed E-state index contributed by atoms with van der Waals surface area (Å²) in [7, 11) is 9.01. The Hall–Kier alpha value is 0.0881. The Labute approximate surface area is 273 Å². The SMILES string of the molecule is CC1=Cc2cccc([Si](C)(C)NC(C)(C)C)c2C1.CC1CC2C=CC=C([Si](C)(C)N(C)C(C)(C)C)C2C1.[CH3-].[Cl][Ti][Cl]. The first-order valence-electron chi connectivity index (χ1n) is 14.9. The van der Waals surface area contributed by atoms with Gasteiger partial charge in [0.1, 0.15) is 0 Å². The van der Waals surface area contributed by atoms with Crippen LogP contribution in [0, 0.1) is 25.2 Å². The predicted octanol–water partition coefficient (Wildman–Crippen LogP) is 9.89. The average molecular weight is 671 g/mol. The fraction of sp³-hybridized carbons (Fsp3) is 0.618. The van der Waals surface area contributed by atoms with Crippen LogP contribution in [0.25, 0.3) is 6.08 Å². The molecule has 7 heteroatoms. The van der Waals surface area contributed by atoms with Gasteiger partial charge in [-0.3, -0.25) is 0 Å².